The number of aromatic nitrogens is 4. The number of rotatable bonds is 5. The van der Waals surface area contributed by atoms with Gasteiger partial charge in [-0.15, -0.1) is 5.11 Å². The molecule has 3 heterocycles. The molecule has 0 bridgehead atoms. The second-order valence-corrected chi connectivity index (χ2v) is 8.27. The molecule has 3 aromatic heterocycles. The number of hydrogen-bond donors (Lipinski definition) is 2. The van der Waals surface area contributed by atoms with Crippen LogP contribution in [0.3, 0.4) is 0 Å². The van der Waals surface area contributed by atoms with E-state index < -0.39 is 0 Å². The van der Waals surface area contributed by atoms with E-state index in [9.17, 15) is 10.2 Å². The monoisotopic (exact) mass is 472 g/mol. The van der Waals surface area contributed by atoms with Gasteiger partial charge in [0.15, 0.2) is 5.82 Å². The Morgan fingerprint density at radius 1 is 0.778 bits per heavy atom. The fourth-order valence-corrected chi connectivity index (χ4v) is 4.18. The van der Waals surface area contributed by atoms with E-state index in [-0.39, 0.29) is 11.5 Å². The van der Waals surface area contributed by atoms with Crippen molar-refractivity contribution in [3.63, 3.8) is 0 Å². The Bertz CT molecular complexity index is 1720. The molecule has 0 unspecified atom stereocenters. The first-order valence-electron chi connectivity index (χ1n) is 11.3. The van der Waals surface area contributed by atoms with Crippen molar-refractivity contribution in [2.45, 2.75) is 6.54 Å². The van der Waals surface area contributed by atoms with Gasteiger partial charge in [0.05, 0.1) is 29.0 Å². The summed E-state index contributed by atoms with van der Waals surface area (Å²) in [6, 6.07) is 25.5. The minimum absolute atomic E-state index is 0.0185. The molecule has 0 amide bonds. The molecule has 6 rings (SSSR count). The molecule has 0 saturated heterocycles. The van der Waals surface area contributed by atoms with Crippen LogP contribution < -0.4 is 0 Å². The molecule has 0 aliphatic rings. The third-order valence-corrected chi connectivity index (χ3v) is 5.89. The van der Waals surface area contributed by atoms with Gasteiger partial charge in [0.2, 0.25) is 0 Å². The summed E-state index contributed by atoms with van der Waals surface area (Å²) in [5.74, 6) is 0.800. The maximum atomic E-state index is 10.4. The average Bonchev–Trinajstić information content (AvgIpc) is 3.26. The first-order chi connectivity index (χ1) is 17.7. The number of nitrogens with zero attached hydrogens (tertiary/aromatic N) is 6. The van der Waals surface area contributed by atoms with Crippen molar-refractivity contribution in [1.82, 2.24) is 19.5 Å². The molecule has 0 saturated carbocycles. The predicted molar refractivity (Wildman–Crippen MR) is 138 cm³/mol. The van der Waals surface area contributed by atoms with Crippen LogP contribution in [-0.4, -0.2) is 29.7 Å². The quantitative estimate of drug-likeness (QED) is 0.278. The van der Waals surface area contributed by atoms with Crippen LogP contribution in [0.15, 0.2) is 108 Å². The second-order valence-electron chi connectivity index (χ2n) is 8.27. The highest BCUT2D eigenvalue weighted by molar-refractivity contribution is 5.96. The predicted octanol–water partition coefficient (Wildman–Crippen LogP) is 6.52. The van der Waals surface area contributed by atoms with E-state index in [0.717, 1.165) is 33.6 Å². The molecule has 0 fully saturated rings. The van der Waals surface area contributed by atoms with E-state index in [1.165, 1.54) is 0 Å². The van der Waals surface area contributed by atoms with Crippen molar-refractivity contribution in [1.29, 1.82) is 0 Å². The van der Waals surface area contributed by atoms with E-state index in [1.54, 1.807) is 42.7 Å². The van der Waals surface area contributed by atoms with E-state index in [2.05, 4.69) is 24.8 Å². The number of fused-ring (bicyclic) bond motifs is 2. The third-order valence-electron chi connectivity index (χ3n) is 5.89. The zero-order valence-electron chi connectivity index (χ0n) is 19.0. The summed E-state index contributed by atoms with van der Waals surface area (Å²) in [4.78, 5) is 13.8. The van der Waals surface area contributed by atoms with Crippen molar-refractivity contribution < 1.29 is 10.2 Å². The fourth-order valence-electron chi connectivity index (χ4n) is 4.18. The zero-order chi connectivity index (χ0) is 24.5. The number of phenolic OH excluding ortho intramolecular Hbond substituents is 2. The Kier molecular flexibility index (Phi) is 5.31. The van der Waals surface area contributed by atoms with Gasteiger partial charge in [-0.05, 0) is 66.0 Å². The first-order valence-corrected chi connectivity index (χ1v) is 11.3. The summed E-state index contributed by atoms with van der Waals surface area (Å²) in [6.45, 7) is 0.539. The molecule has 0 radical (unpaired) electrons. The van der Waals surface area contributed by atoms with Crippen LogP contribution in [0, 0.1) is 0 Å². The molecule has 6 aromatic rings. The minimum atomic E-state index is -0.0185. The summed E-state index contributed by atoms with van der Waals surface area (Å²) in [5, 5.41) is 30.4. The number of phenols is 2. The molecule has 8 heteroatoms. The van der Waals surface area contributed by atoms with Crippen molar-refractivity contribution in [2.75, 3.05) is 0 Å². The number of pyridine rings is 2. The molecule has 0 aliphatic heterocycles. The number of azo groups is 1. The molecule has 8 nitrogen and oxygen atoms in total. The molecule has 0 spiro atoms. The van der Waals surface area contributed by atoms with Gasteiger partial charge in [-0.3, -0.25) is 9.97 Å². The maximum absolute atomic E-state index is 10.4. The summed E-state index contributed by atoms with van der Waals surface area (Å²) in [6.07, 6.45) is 3.52. The molecule has 174 valence electrons. The lowest BCUT2D eigenvalue weighted by Crippen LogP contribution is -2.04. The number of aromatic hydroxyl groups is 2. The Labute approximate surface area is 205 Å². The number of benzene rings is 3. The second kappa shape index (κ2) is 8.92. The highest BCUT2D eigenvalue weighted by Gasteiger charge is 2.15. The van der Waals surface area contributed by atoms with Gasteiger partial charge in [0.1, 0.15) is 22.9 Å². The van der Waals surface area contributed by atoms with Gasteiger partial charge in [-0.2, -0.15) is 5.11 Å². The Hall–Kier alpha value is -5.11. The summed E-state index contributed by atoms with van der Waals surface area (Å²) >= 11 is 0. The molecule has 36 heavy (non-hydrogen) atoms. The van der Waals surface area contributed by atoms with Crippen LogP contribution in [-0.2, 0) is 6.54 Å². The SMILES string of the molecule is Oc1ccc2ccc(O)c(N=Nc3ccc4c(c3)nc(-c3ccccn3)n4Cc3ccccn3)c2c1. The Morgan fingerprint density at radius 3 is 2.42 bits per heavy atom. The van der Waals surface area contributed by atoms with Crippen molar-refractivity contribution in [2.24, 2.45) is 10.2 Å². The highest BCUT2D eigenvalue weighted by Crippen LogP contribution is 2.38. The standard InChI is InChI=1S/C28H20N6O2/c35-21-10-7-18-8-12-26(36)27(22(18)16-21)33-32-19-9-11-25-24(15-19)31-28(23-6-2-4-14-30-23)34(25)17-20-5-1-3-13-29-20/h1-16,35-36H,17H2. The van der Waals surface area contributed by atoms with Crippen molar-refractivity contribution in [3.05, 3.63) is 103 Å². The van der Waals surface area contributed by atoms with Crippen LogP contribution >= 0.6 is 0 Å². The molecular formula is C28H20N6O2. The van der Waals surface area contributed by atoms with E-state index in [4.69, 9.17) is 4.98 Å². The largest absolute Gasteiger partial charge is 0.508 e. The van der Waals surface area contributed by atoms with Crippen molar-refractivity contribution >= 4 is 33.2 Å². The Balaban J connectivity index is 1.43. The number of hydrogen-bond acceptors (Lipinski definition) is 7. The van der Waals surface area contributed by atoms with Crippen LogP contribution in [0.5, 0.6) is 11.5 Å². The normalized spacial score (nSPS) is 11.6. The lowest BCUT2D eigenvalue weighted by Gasteiger charge is -2.08. The van der Waals surface area contributed by atoms with Gasteiger partial charge in [0, 0.05) is 17.8 Å². The molecule has 3 aromatic carbocycles. The van der Waals surface area contributed by atoms with Gasteiger partial charge < -0.3 is 14.8 Å². The topological polar surface area (TPSA) is 109 Å². The fraction of sp³-hybridized carbons (Fsp3) is 0.0357. The number of imidazole rings is 1. The molecular weight excluding hydrogens is 452 g/mol. The van der Waals surface area contributed by atoms with Crippen LogP contribution in [0.4, 0.5) is 11.4 Å². The Morgan fingerprint density at radius 2 is 1.61 bits per heavy atom. The van der Waals surface area contributed by atoms with E-state index >= 15 is 0 Å². The van der Waals surface area contributed by atoms with Crippen LogP contribution in [0.25, 0.3) is 33.3 Å². The lowest BCUT2D eigenvalue weighted by molar-refractivity contribution is 0.475. The smallest absolute Gasteiger partial charge is 0.160 e. The molecule has 0 aliphatic carbocycles. The summed E-state index contributed by atoms with van der Waals surface area (Å²) < 4.78 is 2.08. The van der Waals surface area contributed by atoms with Crippen LogP contribution in [0.1, 0.15) is 5.69 Å². The lowest BCUT2D eigenvalue weighted by atomic mass is 10.1. The summed E-state index contributed by atoms with van der Waals surface area (Å²) in [5.41, 5.74) is 4.19. The maximum Gasteiger partial charge on any atom is 0.160 e. The molecule has 2 N–H and O–H groups in total. The summed E-state index contributed by atoms with van der Waals surface area (Å²) in [7, 11) is 0. The van der Waals surface area contributed by atoms with E-state index in [0.29, 0.717) is 23.3 Å². The zero-order valence-corrected chi connectivity index (χ0v) is 19.0. The van der Waals surface area contributed by atoms with Gasteiger partial charge in [0.25, 0.3) is 0 Å². The molecule has 0 atom stereocenters. The third kappa shape index (κ3) is 4.01. The van der Waals surface area contributed by atoms with Gasteiger partial charge in [-0.1, -0.05) is 24.3 Å². The minimum Gasteiger partial charge on any atom is -0.508 e. The highest BCUT2D eigenvalue weighted by atomic mass is 16.3. The van der Waals surface area contributed by atoms with Crippen LogP contribution in [0.2, 0.25) is 0 Å². The first kappa shape index (κ1) is 21.4. The van der Waals surface area contributed by atoms with Gasteiger partial charge in [-0.25, -0.2) is 4.98 Å². The van der Waals surface area contributed by atoms with Gasteiger partial charge >= 0.3 is 0 Å². The van der Waals surface area contributed by atoms with Crippen molar-refractivity contribution in [3.8, 4) is 23.0 Å². The van der Waals surface area contributed by atoms with E-state index in [1.807, 2.05) is 54.6 Å². The average molecular weight is 473 g/mol.